The Morgan fingerprint density at radius 1 is 1.33 bits per heavy atom. The van der Waals surface area contributed by atoms with Gasteiger partial charge in [-0.1, -0.05) is 13.8 Å². The second kappa shape index (κ2) is 6.20. The molecule has 0 radical (unpaired) electrons. The molecule has 0 saturated carbocycles. The zero-order valence-electron chi connectivity index (χ0n) is 11.9. The molecule has 1 heterocycles. The Morgan fingerprint density at radius 3 is 2.52 bits per heavy atom. The fraction of sp³-hybridized carbons (Fsp3) is 0.467. The van der Waals surface area contributed by atoms with Gasteiger partial charge in [0.15, 0.2) is 0 Å². The van der Waals surface area contributed by atoms with Gasteiger partial charge in [-0.25, -0.2) is 18.5 Å². The lowest BCUT2D eigenvalue weighted by atomic mass is 10.0. The van der Waals surface area contributed by atoms with E-state index in [1.165, 1.54) is 12.1 Å². The van der Waals surface area contributed by atoms with Crippen molar-refractivity contribution in [3.63, 3.8) is 0 Å². The molecule has 0 aliphatic carbocycles. The van der Waals surface area contributed by atoms with Crippen LogP contribution in [0.1, 0.15) is 25.8 Å². The lowest BCUT2D eigenvalue weighted by molar-refractivity contribution is -0.129. The van der Waals surface area contributed by atoms with Crippen molar-refractivity contribution in [3.05, 3.63) is 35.4 Å². The minimum atomic E-state index is -0.682. The summed E-state index contributed by atoms with van der Waals surface area (Å²) in [4.78, 5) is 24.9. The van der Waals surface area contributed by atoms with E-state index < -0.39 is 17.7 Å². The van der Waals surface area contributed by atoms with Crippen molar-refractivity contribution in [3.8, 4) is 0 Å². The number of imide groups is 1. The lowest BCUT2D eigenvalue weighted by Crippen LogP contribution is -2.41. The molecular weight excluding hydrogens is 280 g/mol. The van der Waals surface area contributed by atoms with E-state index in [1.54, 1.807) is 0 Å². The van der Waals surface area contributed by atoms with Crippen molar-refractivity contribution in [2.75, 3.05) is 6.61 Å². The molecule has 1 fully saturated rings. The van der Waals surface area contributed by atoms with E-state index in [1.807, 2.05) is 13.8 Å². The predicted octanol–water partition coefficient (Wildman–Crippen LogP) is 2.90. The van der Waals surface area contributed by atoms with Crippen molar-refractivity contribution < 1.29 is 23.1 Å². The van der Waals surface area contributed by atoms with E-state index in [-0.39, 0.29) is 37.3 Å². The van der Waals surface area contributed by atoms with Crippen molar-refractivity contribution in [2.24, 2.45) is 5.92 Å². The molecule has 1 saturated heterocycles. The summed E-state index contributed by atoms with van der Waals surface area (Å²) in [5.74, 6) is -1.66. The van der Waals surface area contributed by atoms with E-state index in [4.69, 9.17) is 4.74 Å². The molecule has 1 aliphatic heterocycles. The first-order valence-electron chi connectivity index (χ1n) is 6.82. The molecular formula is C15H17F2NO3. The van der Waals surface area contributed by atoms with Crippen LogP contribution in [-0.4, -0.2) is 29.5 Å². The highest BCUT2D eigenvalue weighted by molar-refractivity contribution is 5.93. The monoisotopic (exact) mass is 297 g/mol. The number of rotatable bonds is 4. The van der Waals surface area contributed by atoms with Crippen LogP contribution in [0, 0.1) is 17.6 Å². The van der Waals surface area contributed by atoms with E-state index in [2.05, 4.69) is 0 Å². The first-order valence-corrected chi connectivity index (χ1v) is 6.82. The summed E-state index contributed by atoms with van der Waals surface area (Å²) in [5, 5.41) is 0. The molecule has 1 unspecified atom stereocenters. The number of halogens is 2. The fourth-order valence-corrected chi connectivity index (χ4v) is 2.34. The number of aryl methyl sites for hydroxylation is 1. The number of carbonyl (C=O) groups is 2. The van der Waals surface area contributed by atoms with Crippen molar-refractivity contribution in [1.82, 2.24) is 4.90 Å². The van der Waals surface area contributed by atoms with E-state index >= 15 is 0 Å². The van der Waals surface area contributed by atoms with Crippen molar-refractivity contribution in [1.29, 1.82) is 0 Å². The van der Waals surface area contributed by atoms with E-state index in [0.29, 0.717) is 5.56 Å². The number of hydrogen-bond donors (Lipinski definition) is 0. The third-order valence-electron chi connectivity index (χ3n) is 3.49. The quantitative estimate of drug-likeness (QED) is 0.858. The first kappa shape index (κ1) is 15.4. The number of benzene rings is 1. The van der Waals surface area contributed by atoms with Gasteiger partial charge in [0, 0.05) is 12.5 Å². The minimum Gasteiger partial charge on any atom is -0.447 e. The average Bonchev–Trinajstić information content (AvgIpc) is 2.77. The zero-order valence-corrected chi connectivity index (χ0v) is 11.9. The van der Waals surface area contributed by atoms with Gasteiger partial charge in [0.25, 0.3) is 0 Å². The van der Waals surface area contributed by atoms with E-state index in [0.717, 1.165) is 11.0 Å². The first-order chi connectivity index (χ1) is 9.88. The summed E-state index contributed by atoms with van der Waals surface area (Å²) in [7, 11) is 0. The maximum atomic E-state index is 13.1. The SMILES string of the molecule is CC(C)C1COC(=O)N1C(=O)CCc1cc(F)cc(F)c1. The van der Waals surface area contributed by atoms with Gasteiger partial charge in [-0.15, -0.1) is 0 Å². The molecule has 1 aromatic rings. The fourth-order valence-electron chi connectivity index (χ4n) is 2.34. The number of nitrogens with zero attached hydrogens (tertiary/aromatic N) is 1. The molecule has 114 valence electrons. The van der Waals surface area contributed by atoms with Gasteiger partial charge in [-0.2, -0.15) is 0 Å². The van der Waals surface area contributed by atoms with Gasteiger partial charge in [-0.05, 0) is 30.0 Å². The largest absolute Gasteiger partial charge is 0.447 e. The van der Waals surface area contributed by atoms with Gasteiger partial charge < -0.3 is 4.74 Å². The van der Waals surface area contributed by atoms with Crippen LogP contribution in [0.3, 0.4) is 0 Å². The molecule has 2 rings (SSSR count). The topological polar surface area (TPSA) is 46.6 Å². The summed E-state index contributed by atoms with van der Waals surface area (Å²) >= 11 is 0. The number of carbonyl (C=O) groups excluding carboxylic acids is 2. The summed E-state index contributed by atoms with van der Waals surface area (Å²) in [6, 6.07) is 2.85. The van der Waals surface area contributed by atoms with Gasteiger partial charge in [0.2, 0.25) is 5.91 Å². The van der Waals surface area contributed by atoms with Crippen LogP contribution in [0.25, 0.3) is 0 Å². The standard InChI is InChI=1S/C15H17F2NO3/c1-9(2)13-8-21-15(20)18(13)14(19)4-3-10-5-11(16)7-12(17)6-10/h5-7,9,13H,3-4,8H2,1-2H3. The molecule has 1 aromatic carbocycles. The highest BCUT2D eigenvalue weighted by Crippen LogP contribution is 2.21. The predicted molar refractivity (Wildman–Crippen MR) is 71.5 cm³/mol. The Morgan fingerprint density at radius 2 is 1.95 bits per heavy atom. The summed E-state index contributed by atoms with van der Waals surface area (Å²) in [5.41, 5.74) is 0.384. The molecule has 1 atom stereocenters. The summed E-state index contributed by atoms with van der Waals surface area (Å²) in [6.45, 7) is 3.99. The van der Waals surface area contributed by atoms with Crippen LogP contribution in [0.5, 0.6) is 0 Å². The molecule has 0 spiro atoms. The third-order valence-corrected chi connectivity index (χ3v) is 3.49. The van der Waals surface area contributed by atoms with Gasteiger partial charge in [0.05, 0.1) is 6.04 Å². The highest BCUT2D eigenvalue weighted by Gasteiger charge is 2.38. The van der Waals surface area contributed by atoms with Gasteiger partial charge >= 0.3 is 6.09 Å². The molecule has 6 heteroatoms. The molecule has 21 heavy (non-hydrogen) atoms. The van der Waals surface area contributed by atoms with Crippen LogP contribution >= 0.6 is 0 Å². The van der Waals surface area contributed by atoms with Crippen LogP contribution in [0.15, 0.2) is 18.2 Å². The maximum Gasteiger partial charge on any atom is 0.416 e. The average molecular weight is 297 g/mol. The number of ether oxygens (including phenoxy) is 1. The Hall–Kier alpha value is -1.98. The van der Waals surface area contributed by atoms with Crippen LogP contribution in [-0.2, 0) is 16.0 Å². The van der Waals surface area contributed by atoms with Crippen LogP contribution < -0.4 is 0 Å². The maximum absolute atomic E-state index is 13.1. The highest BCUT2D eigenvalue weighted by atomic mass is 19.1. The van der Waals surface area contributed by atoms with Crippen LogP contribution in [0.4, 0.5) is 13.6 Å². The third kappa shape index (κ3) is 3.56. The molecule has 0 bridgehead atoms. The lowest BCUT2D eigenvalue weighted by Gasteiger charge is -2.22. The second-order valence-electron chi connectivity index (χ2n) is 5.43. The van der Waals surface area contributed by atoms with Crippen molar-refractivity contribution in [2.45, 2.75) is 32.7 Å². The molecule has 4 nitrogen and oxygen atoms in total. The molecule has 2 amide bonds. The smallest absolute Gasteiger partial charge is 0.416 e. The normalized spacial score (nSPS) is 18.2. The van der Waals surface area contributed by atoms with Crippen LogP contribution in [0.2, 0.25) is 0 Å². The van der Waals surface area contributed by atoms with E-state index in [9.17, 15) is 18.4 Å². The number of hydrogen-bond acceptors (Lipinski definition) is 3. The van der Waals surface area contributed by atoms with Gasteiger partial charge in [0.1, 0.15) is 18.2 Å². The molecule has 0 N–H and O–H groups in total. The second-order valence-corrected chi connectivity index (χ2v) is 5.43. The summed E-state index contributed by atoms with van der Waals surface area (Å²) < 4.78 is 31.0. The summed E-state index contributed by atoms with van der Waals surface area (Å²) in [6.07, 6.45) is -0.479. The Labute approximate surface area is 121 Å². The minimum absolute atomic E-state index is 0.00120. The Bertz CT molecular complexity index is 540. The Balaban J connectivity index is 2.02. The molecule has 1 aliphatic rings. The Kier molecular flexibility index (Phi) is 4.55. The molecule has 0 aromatic heterocycles. The number of cyclic esters (lactones) is 1. The number of amides is 2. The van der Waals surface area contributed by atoms with Gasteiger partial charge in [-0.3, -0.25) is 4.79 Å². The zero-order chi connectivity index (χ0) is 15.6. The van der Waals surface area contributed by atoms with Crippen molar-refractivity contribution >= 4 is 12.0 Å².